The third kappa shape index (κ3) is 6.45. The quantitative estimate of drug-likeness (QED) is 0.166. The van der Waals surface area contributed by atoms with Gasteiger partial charge in [0.1, 0.15) is 11.4 Å². The maximum Gasteiger partial charge on any atom is 0.354 e. The van der Waals surface area contributed by atoms with Crippen LogP contribution in [0.1, 0.15) is 28.0 Å². The predicted molar refractivity (Wildman–Crippen MR) is 170 cm³/mol. The van der Waals surface area contributed by atoms with E-state index in [4.69, 9.17) is 14.7 Å². The number of pyridine rings is 4. The molecule has 2 aromatic carbocycles. The fourth-order valence-corrected chi connectivity index (χ4v) is 4.89. The van der Waals surface area contributed by atoms with Crippen LogP contribution < -0.4 is 4.74 Å². The lowest BCUT2D eigenvalue weighted by Crippen LogP contribution is -2.03. The molecule has 0 saturated carbocycles. The Morgan fingerprint density at radius 2 is 1.09 bits per heavy atom. The van der Waals surface area contributed by atoms with Crippen molar-refractivity contribution in [3.8, 4) is 62.2 Å². The Morgan fingerprint density at radius 1 is 0.600 bits per heavy atom. The number of nitrogens with zero attached hydrogens (tertiary/aromatic N) is 4. The van der Waals surface area contributed by atoms with Gasteiger partial charge in [0.05, 0.1) is 47.0 Å². The molecule has 0 aliphatic heterocycles. The number of aliphatic hydroxyl groups excluding tert-OH is 1. The average molecular weight is 597 g/mol. The summed E-state index contributed by atoms with van der Waals surface area (Å²) in [4.78, 5) is 30.4. The number of ether oxygens (including phenoxy) is 1. The minimum absolute atomic E-state index is 0.104. The number of carbonyl (C=O) groups is 1. The number of methoxy groups -OCH3 is 1. The average Bonchev–Trinajstić information content (AvgIpc) is 3.08. The Hall–Kier alpha value is -5.77. The van der Waals surface area contributed by atoms with Crippen molar-refractivity contribution in [2.24, 2.45) is 0 Å². The van der Waals surface area contributed by atoms with Crippen molar-refractivity contribution >= 4 is 5.97 Å². The van der Waals surface area contributed by atoms with Gasteiger partial charge in [0, 0.05) is 0 Å². The van der Waals surface area contributed by atoms with Crippen molar-refractivity contribution in [3.05, 3.63) is 126 Å². The second-order valence-corrected chi connectivity index (χ2v) is 10.4. The van der Waals surface area contributed by atoms with Gasteiger partial charge in [-0.15, -0.1) is 0 Å². The van der Waals surface area contributed by atoms with E-state index in [2.05, 4.69) is 9.97 Å². The van der Waals surface area contributed by atoms with Crippen LogP contribution in [0.5, 0.6) is 5.75 Å². The molecule has 0 aliphatic carbocycles. The summed E-state index contributed by atoms with van der Waals surface area (Å²) in [6, 6.07) is 32.9. The molecule has 0 saturated heterocycles. The zero-order valence-corrected chi connectivity index (χ0v) is 24.4. The minimum atomic E-state index is -1.76. The molecule has 3 N–H and O–H groups in total. The van der Waals surface area contributed by atoms with E-state index in [0.717, 1.165) is 22.3 Å². The zero-order chi connectivity index (χ0) is 31.5. The van der Waals surface area contributed by atoms with E-state index in [1.165, 1.54) is 6.07 Å². The van der Waals surface area contributed by atoms with E-state index >= 15 is 0 Å². The smallest absolute Gasteiger partial charge is 0.354 e. The number of benzene rings is 2. The molecule has 6 rings (SSSR count). The number of carboxylic acid groups (broad SMARTS) is 1. The summed E-state index contributed by atoms with van der Waals surface area (Å²) >= 11 is 0. The van der Waals surface area contributed by atoms with Gasteiger partial charge in [-0.25, -0.2) is 24.7 Å². The first-order chi connectivity index (χ1) is 21.8. The standard InChI is InChI=1S/C36H28N4O5/c1-21-9-11-22(12-10-21)24-17-31(39-33(19-24)35(41)42)29-7-3-5-27(37-29)28-6-4-8-30(38-28)32-18-25(20-34(40-32)36(43)44)23-13-15-26(45-2)16-14-23/h3-20,35,41-42H,1-2H3,(H,43,44). The molecule has 45 heavy (non-hydrogen) atoms. The summed E-state index contributed by atoms with van der Waals surface area (Å²) < 4.78 is 5.25. The van der Waals surface area contributed by atoms with Gasteiger partial charge in [-0.2, -0.15) is 0 Å². The SMILES string of the molecule is COc1ccc(-c2cc(C(=O)O)nc(-c3cccc(-c4cccc(-c5cc(-c6ccc(C)cc6)cc(C(O)O)n5)n4)n3)c2)cc1. The first-order valence-corrected chi connectivity index (χ1v) is 14.1. The second kappa shape index (κ2) is 12.5. The van der Waals surface area contributed by atoms with Gasteiger partial charge >= 0.3 is 5.97 Å². The summed E-state index contributed by atoms with van der Waals surface area (Å²) in [7, 11) is 1.58. The Balaban J connectivity index is 1.39. The molecule has 9 nitrogen and oxygen atoms in total. The fourth-order valence-electron chi connectivity index (χ4n) is 4.89. The predicted octanol–water partition coefficient (Wildman–Crippen LogP) is 6.60. The monoisotopic (exact) mass is 596 g/mol. The van der Waals surface area contributed by atoms with Crippen LogP contribution in [0.15, 0.2) is 109 Å². The van der Waals surface area contributed by atoms with E-state index in [0.29, 0.717) is 45.5 Å². The van der Waals surface area contributed by atoms with Gasteiger partial charge in [-0.3, -0.25) is 0 Å². The Kier molecular flexibility index (Phi) is 8.11. The Morgan fingerprint density at radius 3 is 1.60 bits per heavy atom. The van der Waals surface area contributed by atoms with Crippen molar-refractivity contribution in [2.45, 2.75) is 13.2 Å². The van der Waals surface area contributed by atoms with Crippen LogP contribution >= 0.6 is 0 Å². The third-order valence-corrected chi connectivity index (χ3v) is 7.25. The van der Waals surface area contributed by atoms with Crippen LogP contribution in [-0.4, -0.2) is 48.3 Å². The van der Waals surface area contributed by atoms with Gasteiger partial charge in [-0.1, -0.05) is 54.1 Å². The fraction of sp³-hybridized carbons (Fsp3) is 0.0833. The van der Waals surface area contributed by atoms with E-state index in [-0.39, 0.29) is 11.4 Å². The van der Waals surface area contributed by atoms with Crippen LogP contribution in [0.4, 0.5) is 0 Å². The van der Waals surface area contributed by atoms with Crippen molar-refractivity contribution in [1.82, 2.24) is 19.9 Å². The first kappa shape index (κ1) is 29.3. The van der Waals surface area contributed by atoms with Gasteiger partial charge in [0.25, 0.3) is 0 Å². The summed E-state index contributed by atoms with van der Waals surface area (Å²) in [5.41, 5.74) is 7.21. The Bertz CT molecular complexity index is 2010. The molecule has 0 radical (unpaired) electrons. The van der Waals surface area contributed by atoms with E-state index < -0.39 is 12.3 Å². The normalized spacial score (nSPS) is 11.0. The highest BCUT2D eigenvalue weighted by Crippen LogP contribution is 2.30. The molecule has 222 valence electrons. The number of aliphatic hydroxyl groups is 2. The molecule has 0 bridgehead atoms. The summed E-state index contributed by atoms with van der Waals surface area (Å²) in [6.07, 6.45) is -1.76. The van der Waals surface area contributed by atoms with Crippen LogP contribution in [-0.2, 0) is 0 Å². The molecular weight excluding hydrogens is 568 g/mol. The van der Waals surface area contributed by atoms with Crippen LogP contribution in [0, 0.1) is 6.92 Å². The van der Waals surface area contributed by atoms with E-state index in [1.54, 1.807) is 37.4 Å². The maximum absolute atomic E-state index is 12.0. The number of hydrogen-bond acceptors (Lipinski definition) is 8. The van der Waals surface area contributed by atoms with Crippen molar-refractivity contribution in [2.75, 3.05) is 7.11 Å². The molecule has 0 unspecified atom stereocenters. The number of aromatic carboxylic acids is 1. The van der Waals surface area contributed by atoms with E-state index in [9.17, 15) is 20.1 Å². The molecule has 4 heterocycles. The number of hydrogen-bond donors (Lipinski definition) is 3. The molecule has 0 amide bonds. The molecule has 0 atom stereocenters. The van der Waals surface area contributed by atoms with Gasteiger partial charge in [0.2, 0.25) is 0 Å². The molecular formula is C36H28N4O5. The van der Waals surface area contributed by atoms with Crippen molar-refractivity contribution in [1.29, 1.82) is 0 Å². The zero-order valence-electron chi connectivity index (χ0n) is 24.4. The van der Waals surface area contributed by atoms with Crippen LogP contribution in [0.25, 0.3) is 56.4 Å². The molecule has 4 aromatic heterocycles. The summed E-state index contributed by atoms with van der Waals surface area (Å²) in [5.74, 6) is -0.457. The topological polar surface area (TPSA) is 139 Å². The number of rotatable bonds is 8. The van der Waals surface area contributed by atoms with Crippen LogP contribution in [0.3, 0.4) is 0 Å². The highest BCUT2D eigenvalue weighted by molar-refractivity contribution is 5.88. The highest BCUT2D eigenvalue weighted by Gasteiger charge is 2.16. The summed E-state index contributed by atoms with van der Waals surface area (Å²) in [5, 5.41) is 29.7. The third-order valence-electron chi connectivity index (χ3n) is 7.25. The molecule has 0 spiro atoms. The van der Waals surface area contributed by atoms with Crippen molar-refractivity contribution in [3.63, 3.8) is 0 Å². The maximum atomic E-state index is 12.0. The number of carboxylic acids is 1. The summed E-state index contributed by atoms with van der Waals surface area (Å²) in [6.45, 7) is 2.00. The lowest BCUT2D eigenvalue weighted by Gasteiger charge is -2.12. The Labute approximate surface area is 259 Å². The van der Waals surface area contributed by atoms with Gasteiger partial charge in [0.15, 0.2) is 6.29 Å². The lowest BCUT2D eigenvalue weighted by molar-refractivity contribution is -0.0457. The molecule has 0 aliphatic rings. The lowest BCUT2D eigenvalue weighted by atomic mass is 10.0. The largest absolute Gasteiger partial charge is 0.497 e. The molecule has 6 aromatic rings. The number of aromatic nitrogens is 4. The minimum Gasteiger partial charge on any atom is -0.497 e. The van der Waals surface area contributed by atoms with Gasteiger partial charge in [-0.05, 0) is 89.8 Å². The number of aryl methyl sites for hydroxylation is 1. The molecule has 9 heteroatoms. The van der Waals surface area contributed by atoms with Gasteiger partial charge < -0.3 is 20.1 Å². The second-order valence-electron chi connectivity index (χ2n) is 10.4. The van der Waals surface area contributed by atoms with E-state index in [1.807, 2.05) is 79.7 Å². The first-order valence-electron chi connectivity index (χ1n) is 14.1. The highest BCUT2D eigenvalue weighted by atomic mass is 16.5. The van der Waals surface area contributed by atoms with Crippen molar-refractivity contribution < 1.29 is 24.9 Å². The van der Waals surface area contributed by atoms with Crippen LogP contribution in [0.2, 0.25) is 0 Å². The molecule has 0 fully saturated rings.